The first-order valence-corrected chi connectivity index (χ1v) is 8.05. The standard InChI is InChI=1S/C16H18N4O4S/c1-3-19(4-2)13-7-5-12(6-8-13)17-16(25)18-15(21)11-9-14(20(22)23)24-10-11/h5-10H,3-4H2,1-2H3,(H2,17,18,21,25). The van der Waals surface area contributed by atoms with Crippen molar-refractivity contribution in [3.63, 3.8) is 0 Å². The van der Waals surface area contributed by atoms with Crippen LogP contribution in [0.5, 0.6) is 0 Å². The van der Waals surface area contributed by atoms with Gasteiger partial charge in [0, 0.05) is 24.5 Å². The van der Waals surface area contributed by atoms with Gasteiger partial charge in [-0.2, -0.15) is 0 Å². The number of furan rings is 1. The summed E-state index contributed by atoms with van der Waals surface area (Å²) >= 11 is 5.08. The van der Waals surface area contributed by atoms with E-state index in [-0.39, 0.29) is 10.7 Å². The lowest BCUT2D eigenvalue weighted by Gasteiger charge is -2.21. The fourth-order valence-electron chi connectivity index (χ4n) is 2.22. The van der Waals surface area contributed by atoms with Gasteiger partial charge in [0.1, 0.15) is 11.2 Å². The molecule has 0 aliphatic carbocycles. The van der Waals surface area contributed by atoms with E-state index in [4.69, 9.17) is 12.2 Å². The highest BCUT2D eigenvalue weighted by Crippen LogP contribution is 2.18. The number of hydrogen-bond donors (Lipinski definition) is 2. The van der Waals surface area contributed by atoms with Crippen molar-refractivity contribution in [3.8, 4) is 0 Å². The van der Waals surface area contributed by atoms with Gasteiger partial charge in [-0.3, -0.25) is 20.2 Å². The molecule has 0 unspecified atom stereocenters. The number of thiocarbonyl (C=S) groups is 1. The van der Waals surface area contributed by atoms with Crippen LogP contribution >= 0.6 is 12.2 Å². The van der Waals surface area contributed by atoms with Gasteiger partial charge in [0.2, 0.25) is 0 Å². The van der Waals surface area contributed by atoms with Crippen LogP contribution in [0.4, 0.5) is 17.3 Å². The minimum atomic E-state index is -0.717. The molecule has 0 saturated carbocycles. The summed E-state index contributed by atoms with van der Waals surface area (Å²) in [5.41, 5.74) is 1.84. The van der Waals surface area contributed by atoms with Gasteiger partial charge in [-0.05, 0) is 50.3 Å². The molecule has 25 heavy (non-hydrogen) atoms. The first-order valence-electron chi connectivity index (χ1n) is 7.64. The maximum Gasteiger partial charge on any atom is 0.433 e. The number of nitrogens with zero attached hydrogens (tertiary/aromatic N) is 2. The van der Waals surface area contributed by atoms with Crippen molar-refractivity contribution in [2.45, 2.75) is 13.8 Å². The molecule has 0 aliphatic rings. The molecule has 0 aliphatic heterocycles. The van der Waals surface area contributed by atoms with E-state index >= 15 is 0 Å². The number of nitro groups is 1. The number of hydrogen-bond acceptors (Lipinski definition) is 6. The van der Waals surface area contributed by atoms with E-state index in [1.165, 1.54) is 0 Å². The van der Waals surface area contributed by atoms with E-state index in [2.05, 4.69) is 33.8 Å². The number of carbonyl (C=O) groups excluding carboxylic acids is 1. The minimum absolute atomic E-state index is 0.0210. The average Bonchev–Trinajstić information content (AvgIpc) is 3.08. The van der Waals surface area contributed by atoms with Crippen molar-refractivity contribution < 1.29 is 14.1 Å². The van der Waals surface area contributed by atoms with Gasteiger partial charge in [0.15, 0.2) is 5.11 Å². The lowest BCUT2D eigenvalue weighted by Crippen LogP contribution is -2.33. The molecular formula is C16H18N4O4S. The Balaban J connectivity index is 1.95. The largest absolute Gasteiger partial charge is 0.433 e. The van der Waals surface area contributed by atoms with E-state index in [1.54, 1.807) is 0 Å². The van der Waals surface area contributed by atoms with Crippen molar-refractivity contribution in [3.05, 3.63) is 52.3 Å². The lowest BCUT2D eigenvalue weighted by atomic mass is 10.2. The summed E-state index contributed by atoms with van der Waals surface area (Å²) in [6.45, 7) is 5.99. The molecule has 1 aromatic heterocycles. The van der Waals surface area contributed by atoms with Gasteiger partial charge < -0.3 is 14.6 Å². The van der Waals surface area contributed by atoms with E-state index in [0.29, 0.717) is 0 Å². The third kappa shape index (κ3) is 4.77. The Bertz CT molecular complexity index is 769. The number of rotatable bonds is 6. The predicted octanol–water partition coefficient (Wildman–Crippen LogP) is 3.16. The summed E-state index contributed by atoms with van der Waals surface area (Å²) in [4.78, 5) is 24.0. The summed E-state index contributed by atoms with van der Waals surface area (Å²) in [6.07, 6.45) is 1.01. The summed E-state index contributed by atoms with van der Waals surface area (Å²) in [5.74, 6) is -1.09. The van der Waals surface area contributed by atoms with Crippen LogP contribution in [-0.4, -0.2) is 29.0 Å². The highest BCUT2D eigenvalue weighted by Gasteiger charge is 2.17. The summed E-state index contributed by atoms with van der Waals surface area (Å²) in [7, 11) is 0. The second-order valence-corrected chi connectivity index (χ2v) is 5.47. The maximum absolute atomic E-state index is 12.0. The Hall–Kier alpha value is -2.94. The van der Waals surface area contributed by atoms with Crippen LogP contribution in [0.1, 0.15) is 24.2 Å². The van der Waals surface area contributed by atoms with Crippen LogP contribution in [0.25, 0.3) is 0 Å². The molecule has 132 valence electrons. The SMILES string of the molecule is CCN(CC)c1ccc(NC(=S)NC(=O)c2coc([N+](=O)[O-])c2)cc1. The molecule has 0 bridgehead atoms. The molecule has 1 aromatic carbocycles. The zero-order valence-electron chi connectivity index (χ0n) is 13.8. The van der Waals surface area contributed by atoms with Crippen LogP contribution in [0.3, 0.4) is 0 Å². The fourth-order valence-corrected chi connectivity index (χ4v) is 2.43. The lowest BCUT2D eigenvalue weighted by molar-refractivity contribution is -0.402. The number of nitrogens with one attached hydrogen (secondary N) is 2. The van der Waals surface area contributed by atoms with Crippen LogP contribution in [0, 0.1) is 10.1 Å². The Morgan fingerprint density at radius 1 is 1.28 bits per heavy atom. The molecule has 0 radical (unpaired) electrons. The summed E-state index contributed by atoms with van der Waals surface area (Å²) in [5, 5.41) is 16.0. The monoisotopic (exact) mass is 362 g/mol. The predicted molar refractivity (Wildman–Crippen MR) is 99.1 cm³/mol. The van der Waals surface area contributed by atoms with E-state index in [0.717, 1.165) is 36.8 Å². The molecule has 0 spiro atoms. The fraction of sp³-hybridized carbons (Fsp3) is 0.250. The number of anilines is 2. The van der Waals surface area contributed by atoms with Gasteiger partial charge in [0.25, 0.3) is 5.91 Å². The number of carbonyl (C=O) groups is 1. The van der Waals surface area contributed by atoms with Gasteiger partial charge in [-0.1, -0.05) is 0 Å². The molecule has 2 aromatic rings. The van der Waals surface area contributed by atoms with Gasteiger partial charge in [0.05, 0.1) is 11.6 Å². The molecule has 2 N–H and O–H groups in total. The summed E-state index contributed by atoms with van der Waals surface area (Å²) in [6, 6.07) is 8.67. The van der Waals surface area contributed by atoms with Gasteiger partial charge in [-0.25, -0.2) is 0 Å². The van der Waals surface area contributed by atoms with Crippen LogP contribution in [0.15, 0.2) is 41.0 Å². The van der Waals surface area contributed by atoms with Crippen molar-refractivity contribution in [2.24, 2.45) is 0 Å². The Morgan fingerprint density at radius 2 is 1.92 bits per heavy atom. The normalized spacial score (nSPS) is 10.2. The van der Waals surface area contributed by atoms with Crippen LogP contribution in [-0.2, 0) is 0 Å². The first kappa shape index (κ1) is 18.4. The Labute approximate surface area is 150 Å². The van der Waals surface area contributed by atoms with E-state index in [1.807, 2.05) is 24.3 Å². The topological polar surface area (TPSA) is 101 Å². The highest BCUT2D eigenvalue weighted by atomic mass is 32.1. The van der Waals surface area contributed by atoms with Crippen molar-refractivity contribution >= 4 is 40.5 Å². The molecule has 2 rings (SSSR count). The van der Waals surface area contributed by atoms with E-state index in [9.17, 15) is 14.9 Å². The zero-order valence-corrected chi connectivity index (χ0v) is 14.6. The third-order valence-electron chi connectivity index (χ3n) is 3.51. The highest BCUT2D eigenvalue weighted by molar-refractivity contribution is 7.80. The Kier molecular flexibility index (Phi) is 6.07. The van der Waals surface area contributed by atoms with Crippen LogP contribution in [0.2, 0.25) is 0 Å². The second-order valence-electron chi connectivity index (χ2n) is 5.06. The Morgan fingerprint density at radius 3 is 2.44 bits per heavy atom. The van der Waals surface area contributed by atoms with Gasteiger partial charge in [-0.15, -0.1) is 0 Å². The average molecular weight is 362 g/mol. The van der Waals surface area contributed by atoms with Crippen molar-refractivity contribution in [1.82, 2.24) is 5.32 Å². The third-order valence-corrected chi connectivity index (χ3v) is 3.71. The number of benzene rings is 1. The molecule has 1 heterocycles. The van der Waals surface area contributed by atoms with Gasteiger partial charge >= 0.3 is 5.88 Å². The molecular weight excluding hydrogens is 344 g/mol. The minimum Gasteiger partial charge on any atom is -0.408 e. The molecule has 0 atom stereocenters. The van der Waals surface area contributed by atoms with Crippen molar-refractivity contribution in [2.75, 3.05) is 23.3 Å². The molecule has 1 amide bonds. The number of amides is 1. The first-order chi connectivity index (χ1) is 11.9. The second kappa shape index (κ2) is 8.25. The molecule has 9 heteroatoms. The molecule has 0 fully saturated rings. The van der Waals surface area contributed by atoms with Crippen molar-refractivity contribution in [1.29, 1.82) is 0 Å². The quantitative estimate of drug-likeness (QED) is 0.462. The molecule has 0 saturated heterocycles. The zero-order chi connectivity index (χ0) is 18.4. The summed E-state index contributed by atoms with van der Waals surface area (Å²) < 4.78 is 4.68. The van der Waals surface area contributed by atoms with Crippen LogP contribution < -0.4 is 15.5 Å². The smallest absolute Gasteiger partial charge is 0.408 e. The molecule has 8 nitrogen and oxygen atoms in total. The maximum atomic E-state index is 12.0. The van der Waals surface area contributed by atoms with E-state index < -0.39 is 16.7 Å².